The Kier molecular flexibility index (Phi) is 7.03. The van der Waals surface area contributed by atoms with E-state index >= 15 is 0 Å². The van der Waals surface area contributed by atoms with Crippen molar-refractivity contribution >= 4 is 0 Å². The summed E-state index contributed by atoms with van der Waals surface area (Å²) in [5.74, 6) is 0.647. The van der Waals surface area contributed by atoms with Crippen LogP contribution >= 0.6 is 0 Å². The molecule has 0 rings (SSSR count). The topological polar surface area (TPSA) is 15.3 Å². The SMILES string of the molecule is C=C(C)CN(CC)C(C)C(C)CNC(C)(C)C. The Labute approximate surface area is 108 Å². The highest BCUT2D eigenvalue weighted by molar-refractivity contribution is 4.93. The number of hydrogen-bond acceptors (Lipinski definition) is 2. The Balaban J connectivity index is 4.25. The molecule has 0 aliphatic rings. The second-order valence-corrected chi connectivity index (χ2v) is 6.37. The Morgan fingerprint density at radius 2 is 1.82 bits per heavy atom. The summed E-state index contributed by atoms with van der Waals surface area (Å²) in [5.41, 5.74) is 1.45. The quantitative estimate of drug-likeness (QED) is 0.687. The molecule has 102 valence electrons. The van der Waals surface area contributed by atoms with Gasteiger partial charge in [-0.1, -0.05) is 26.0 Å². The third kappa shape index (κ3) is 7.56. The van der Waals surface area contributed by atoms with Gasteiger partial charge in [0, 0.05) is 18.1 Å². The predicted octanol–water partition coefficient (Wildman–Crippen LogP) is 3.30. The highest BCUT2D eigenvalue weighted by Gasteiger charge is 2.20. The van der Waals surface area contributed by atoms with Crippen molar-refractivity contribution in [1.29, 1.82) is 0 Å². The molecular weight excluding hydrogens is 208 g/mol. The largest absolute Gasteiger partial charge is 0.312 e. The smallest absolute Gasteiger partial charge is 0.0190 e. The first kappa shape index (κ1) is 16.7. The summed E-state index contributed by atoms with van der Waals surface area (Å²) < 4.78 is 0. The fourth-order valence-corrected chi connectivity index (χ4v) is 1.89. The zero-order valence-corrected chi connectivity index (χ0v) is 12.9. The number of likely N-dealkylation sites (N-methyl/N-ethyl adjacent to an activating group) is 1. The van der Waals surface area contributed by atoms with E-state index in [1.165, 1.54) is 5.57 Å². The van der Waals surface area contributed by atoms with Crippen molar-refractivity contribution in [3.8, 4) is 0 Å². The van der Waals surface area contributed by atoms with Crippen LogP contribution in [-0.4, -0.2) is 36.1 Å². The zero-order valence-electron chi connectivity index (χ0n) is 12.9. The second kappa shape index (κ2) is 7.17. The first-order valence-corrected chi connectivity index (χ1v) is 6.80. The van der Waals surface area contributed by atoms with Crippen molar-refractivity contribution < 1.29 is 0 Å². The maximum atomic E-state index is 4.01. The van der Waals surface area contributed by atoms with Crippen LogP contribution in [0.25, 0.3) is 0 Å². The van der Waals surface area contributed by atoms with E-state index < -0.39 is 0 Å². The van der Waals surface area contributed by atoms with Gasteiger partial charge in [-0.15, -0.1) is 0 Å². The predicted molar refractivity (Wildman–Crippen MR) is 78.4 cm³/mol. The second-order valence-electron chi connectivity index (χ2n) is 6.37. The Bertz CT molecular complexity index is 228. The molecule has 0 radical (unpaired) electrons. The minimum absolute atomic E-state index is 0.208. The van der Waals surface area contributed by atoms with E-state index in [1.54, 1.807) is 0 Å². The third-order valence-corrected chi connectivity index (χ3v) is 3.23. The molecule has 1 N–H and O–H groups in total. The number of nitrogens with one attached hydrogen (secondary N) is 1. The molecular formula is C15H32N2. The van der Waals surface area contributed by atoms with Crippen molar-refractivity contribution in [3.63, 3.8) is 0 Å². The fraction of sp³-hybridized carbons (Fsp3) is 0.867. The van der Waals surface area contributed by atoms with Gasteiger partial charge in [0.15, 0.2) is 0 Å². The maximum Gasteiger partial charge on any atom is 0.0190 e. The molecule has 0 bridgehead atoms. The average Bonchev–Trinajstić information content (AvgIpc) is 2.20. The van der Waals surface area contributed by atoms with Crippen molar-refractivity contribution in [2.24, 2.45) is 5.92 Å². The third-order valence-electron chi connectivity index (χ3n) is 3.23. The van der Waals surface area contributed by atoms with E-state index in [1.807, 2.05) is 0 Å². The molecule has 0 aromatic carbocycles. The van der Waals surface area contributed by atoms with Gasteiger partial charge in [-0.2, -0.15) is 0 Å². The van der Waals surface area contributed by atoms with Gasteiger partial charge in [0.05, 0.1) is 0 Å². The minimum Gasteiger partial charge on any atom is -0.312 e. The summed E-state index contributed by atoms with van der Waals surface area (Å²) in [5, 5.41) is 3.59. The molecule has 17 heavy (non-hydrogen) atoms. The summed E-state index contributed by atoms with van der Waals surface area (Å²) in [6, 6.07) is 0.589. The molecule has 0 aromatic rings. The highest BCUT2D eigenvalue weighted by Crippen LogP contribution is 2.13. The van der Waals surface area contributed by atoms with E-state index in [4.69, 9.17) is 0 Å². The molecule has 0 saturated carbocycles. The van der Waals surface area contributed by atoms with Crippen LogP contribution in [0.4, 0.5) is 0 Å². The van der Waals surface area contributed by atoms with Crippen LogP contribution in [-0.2, 0) is 0 Å². The fourth-order valence-electron chi connectivity index (χ4n) is 1.89. The molecule has 2 atom stereocenters. The van der Waals surface area contributed by atoms with Gasteiger partial charge in [-0.05, 0) is 53.6 Å². The van der Waals surface area contributed by atoms with E-state index in [0.717, 1.165) is 19.6 Å². The van der Waals surface area contributed by atoms with Crippen LogP contribution in [0.15, 0.2) is 12.2 Å². The Morgan fingerprint density at radius 3 is 2.18 bits per heavy atom. The first-order valence-electron chi connectivity index (χ1n) is 6.80. The first-order chi connectivity index (χ1) is 7.67. The van der Waals surface area contributed by atoms with Gasteiger partial charge in [0.2, 0.25) is 0 Å². The van der Waals surface area contributed by atoms with E-state index in [-0.39, 0.29) is 5.54 Å². The van der Waals surface area contributed by atoms with E-state index in [2.05, 4.69) is 65.3 Å². The van der Waals surface area contributed by atoms with Gasteiger partial charge >= 0.3 is 0 Å². The molecule has 0 aromatic heterocycles. The maximum absolute atomic E-state index is 4.01. The van der Waals surface area contributed by atoms with Crippen LogP contribution in [0.3, 0.4) is 0 Å². The Hall–Kier alpha value is -0.340. The molecule has 0 aliphatic heterocycles. The minimum atomic E-state index is 0.208. The molecule has 0 amide bonds. The molecule has 2 heteroatoms. The lowest BCUT2D eigenvalue weighted by Crippen LogP contribution is -2.45. The van der Waals surface area contributed by atoms with Crippen molar-refractivity contribution in [1.82, 2.24) is 10.2 Å². The van der Waals surface area contributed by atoms with Crippen LogP contribution < -0.4 is 5.32 Å². The summed E-state index contributed by atoms with van der Waals surface area (Å²) in [6.45, 7) is 22.8. The standard InChI is InChI=1S/C15H32N2/c1-9-17(11-12(2)3)14(5)13(4)10-16-15(6,7)8/h13-14,16H,2,9-11H2,1,3-8H3. The Morgan fingerprint density at radius 1 is 1.29 bits per heavy atom. The lowest BCUT2D eigenvalue weighted by atomic mass is 9.99. The van der Waals surface area contributed by atoms with Crippen molar-refractivity contribution in [2.75, 3.05) is 19.6 Å². The van der Waals surface area contributed by atoms with Gasteiger partial charge in [-0.3, -0.25) is 4.90 Å². The normalized spacial score (nSPS) is 16.0. The lowest BCUT2D eigenvalue weighted by molar-refractivity contribution is 0.175. The van der Waals surface area contributed by atoms with Crippen LogP contribution in [0.1, 0.15) is 48.5 Å². The molecule has 0 aliphatic carbocycles. The summed E-state index contributed by atoms with van der Waals surface area (Å²) in [7, 11) is 0. The van der Waals surface area contributed by atoms with E-state index in [9.17, 15) is 0 Å². The lowest BCUT2D eigenvalue weighted by Gasteiger charge is -2.34. The van der Waals surface area contributed by atoms with Gasteiger partial charge in [0.1, 0.15) is 0 Å². The molecule has 0 fully saturated rings. The molecule has 2 unspecified atom stereocenters. The van der Waals surface area contributed by atoms with Crippen LogP contribution in [0, 0.1) is 5.92 Å². The van der Waals surface area contributed by atoms with Crippen molar-refractivity contribution in [3.05, 3.63) is 12.2 Å². The molecule has 0 saturated heterocycles. The average molecular weight is 240 g/mol. The monoisotopic (exact) mass is 240 g/mol. The molecule has 0 spiro atoms. The van der Waals surface area contributed by atoms with Gasteiger partial charge in [0.25, 0.3) is 0 Å². The molecule has 0 heterocycles. The number of nitrogens with zero attached hydrogens (tertiary/aromatic N) is 1. The highest BCUT2D eigenvalue weighted by atomic mass is 15.2. The summed E-state index contributed by atoms with van der Waals surface area (Å²) in [4.78, 5) is 2.50. The van der Waals surface area contributed by atoms with Crippen LogP contribution in [0.5, 0.6) is 0 Å². The zero-order chi connectivity index (χ0) is 13.6. The van der Waals surface area contributed by atoms with Crippen molar-refractivity contribution in [2.45, 2.75) is 60.0 Å². The molecule has 2 nitrogen and oxygen atoms in total. The summed E-state index contributed by atoms with van der Waals surface area (Å²) in [6.07, 6.45) is 0. The van der Waals surface area contributed by atoms with Crippen LogP contribution in [0.2, 0.25) is 0 Å². The summed E-state index contributed by atoms with van der Waals surface area (Å²) >= 11 is 0. The van der Waals surface area contributed by atoms with E-state index in [0.29, 0.717) is 12.0 Å². The van der Waals surface area contributed by atoms with Gasteiger partial charge < -0.3 is 5.32 Å². The number of hydrogen-bond donors (Lipinski definition) is 1. The van der Waals surface area contributed by atoms with Gasteiger partial charge in [-0.25, -0.2) is 0 Å². The number of rotatable bonds is 7.